The van der Waals surface area contributed by atoms with Crippen LogP contribution in [0.3, 0.4) is 0 Å². The van der Waals surface area contributed by atoms with Gasteiger partial charge in [-0.25, -0.2) is 0 Å². The van der Waals surface area contributed by atoms with Crippen molar-refractivity contribution < 1.29 is 18.0 Å². The van der Waals surface area contributed by atoms with Crippen molar-refractivity contribution >= 4 is 11.6 Å². The van der Waals surface area contributed by atoms with Crippen LogP contribution >= 0.6 is 0 Å². The van der Waals surface area contributed by atoms with Gasteiger partial charge in [0.2, 0.25) is 5.91 Å². The molecule has 0 aliphatic carbocycles. The minimum Gasteiger partial charge on any atom is -0.399 e. The molecule has 0 bridgehead atoms. The van der Waals surface area contributed by atoms with E-state index in [1.165, 1.54) is 12.1 Å². The van der Waals surface area contributed by atoms with Crippen LogP contribution in [0.15, 0.2) is 18.2 Å². The molecule has 1 aromatic carbocycles. The number of benzene rings is 1. The molecule has 1 saturated heterocycles. The Morgan fingerprint density at radius 1 is 1.26 bits per heavy atom. The van der Waals surface area contributed by atoms with Crippen molar-refractivity contribution in [2.45, 2.75) is 25.4 Å². The summed E-state index contributed by atoms with van der Waals surface area (Å²) in [6, 6.07) is 3.56. The lowest BCUT2D eigenvalue weighted by Gasteiger charge is -2.18. The van der Waals surface area contributed by atoms with Gasteiger partial charge in [0.05, 0.1) is 12.0 Å². The van der Waals surface area contributed by atoms with Crippen molar-refractivity contribution in [2.24, 2.45) is 0 Å². The highest BCUT2D eigenvalue weighted by molar-refractivity contribution is 5.79. The largest absolute Gasteiger partial charge is 0.416 e. The van der Waals surface area contributed by atoms with Crippen molar-refractivity contribution in [3.8, 4) is 0 Å². The number of alkyl halides is 3. The topological polar surface area (TPSA) is 46.3 Å². The first-order valence-corrected chi connectivity index (χ1v) is 6.11. The fraction of sp³-hybridized carbons (Fsp3) is 0.462. The number of hydrogen-bond acceptors (Lipinski definition) is 2. The van der Waals surface area contributed by atoms with Crippen LogP contribution in [0.25, 0.3) is 0 Å². The van der Waals surface area contributed by atoms with Crippen molar-refractivity contribution in [1.82, 2.24) is 4.90 Å². The van der Waals surface area contributed by atoms with E-state index in [9.17, 15) is 18.0 Å². The average molecular weight is 272 g/mol. The van der Waals surface area contributed by atoms with Gasteiger partial charge >= 0.3 is 6.18 Å². The van der Waals surface area contributed by atoms with Gasteiger partial charge in [-0.2, -0.15) is 13.2 Å². The predicted octanol–water partition coefficient (Wildman–Crippen LogP) is 2.45. The summed E-state index contributed by atoms with van der Waals surface area (Å²) < 4.78 is 38.6. The number of carbonyl (C=O) groups is 1. The van der Waals surface area contributed by atoms with Crippen LogP contribution in [0.1, 0.15) is 24.0 Å². The normalized spacial score (nSPS) is 15.8. The van der Waals surface area contributed by atoms with Gasteiger partial charge in [0.1, 0.15) is 0 Å². The van der Waals surface area contributed by atoms with Crippen molar-refractivity contribution in [3.63, 3.8) is 0 Å². The summed E-state index contributed by atoms with van der Waals surface area (Å²) in [6.45, 7) is 1.27. The van der Waals surface area contributed by atoms with Gasteiger partial charge in [-0.3, -0.25) is 4.79 Å². The molecule has 1 aromatic rings. The van der Waals surface area contributed by atoms with E-state index in [0.717, 1.165) is 18.9 Å². The van der Waals surface area contributed by atoms with E-state index in [2.05, 4.69) is 0 Å². The lowest BCUT2D eigenvalue weighted by Crippen LogP contribution is -2.29. The quantitative estimate of drug-likeness (QED) is 0.841. The van der Waals surface area contributed by atoms with Crippen LogP contribution in [0.5, 0.6) is 0 Å². The summed E-state index contributed by atoms with van der Waals surface area (Å²) in [5.74, 6) is -0.257. The van der Waals surface area contributed by atoms with E-state index in [1.807, 2.05) is 0 Å². The molecule has 0 atom stereocenters. The summed E-state index contributed by atoms with van der Waals surface area (Å²) in [6.07, 6.45) is -2.88. The van der Waals surface area contributed by atoms with E-state index in [0.29, 0.717) is 13.1 Å². The van der Waals surface area contributed by atoms with Crippen molar-refractivity contribution in [2.75, 3.05) is 18.8 Å². The maximum atomic E-state index is 12.9. The third-order valence-corrected chi connectivity index (χ3v) is 3.24. The first-order chi connectivity index (χ1) is 8.88. The highest BCUT2D eigenvalue weighted by Crippen LogP contribution is 2.33. The first kappa shape index (κ1) is 13.7. The standard InChI is InChI=1S/C13H15F3N2O/c14-13(15,16)11-8-10(17)4-3-9(11)7-12(19)18-5-1-2-6-18/h3-4,8H,1-2,5-7,17H2. The lowest BCUT2D eigenvalue weighted by molar-refractivity contribution is -0.138. The zero-order chi connectivity index (χ0) is 14.0. The van der Waals surface area contributed by atoms with E-state index < -0.39 is 11.7 Å². The minimum absolute atomic E-state index is 0.0152. The van der Waals surface area contributed by atoms with Crippen LogP contribution in [0.2, 0.25) is 0 Å². The Kier molecular flexibility index (Phi) is 3.68. The van der Waals surface area contributed by atoms with E-state index >= 15 is 0 Å². The molecule has 0 spiro atoms. The van der Waals surface area contributed by atoms with E-state index in [4.69, 9.17) is 5.73 Å². The molecule has 0 radical (unpaired) electrons. The molecule has 3 nitrogen and oxygen atoms in total. The zero-order valence-electron chi connectivity index (χ0n) is 10.3. The molecule has 2 N–H and O–H groups in total. The molecule has 1 aliphatic rings. The predicted molar refractivity (Wildman–Crippen MR) is 65.4 cm³/mol. The van der Waals surface area contributed by atoms with Crippen LogP contribution in [-0.4, -0.2) is 23.9 Å². The highest BCUT2D eigenvalue weighted by Gasteiger charge is 2.34. The maximum absolute atomic E-state index is 12.9. The van der Waals surface area contributed by atoms with E-state index in [-0.39, 0.29) is 23.6 Å². The van der Waals surface area contributed by atoms with E-state index in [1.54, 1.807) is 4.90 Å². The van der Waals surface area contributed by atoms with Gasteiger partial charge in [0, 0.05) is 18.8 Å². The van der Waals surface area contributed by atoms with Gasteiger partial charge in [-0.05, 0) is 30.5 Å². The van der Waals surface area contributed by atoms with Gasteiger partial charge in [-0.15, -0.1) is 0 Å². The molecule has 2 rings (SSSR count). The van der Waals surface area contributed by atoms with Crippen molar-refractivity contribution in [3.05, 3.63) is 29.3 Å². The number of nitrogens with two attached hydrogens (primary N) is 1. The van der Waals surface area contributed by atoms with Crippen LogP contribution < -0.4 is 5.73 Å². The number of nitrogen functional groups attached to an aromatic ring is 1. The molecule has 19 heavy (non-hydrogen) atoms. The Bertz CT molecular complexity index is 479. The number of nitrogens with zero attached hydrogens (tertiary/aromatic N) is 1. The molecule has 6 heteroatoms. The second-order valence-electron chi connectivity index (χ2n) is 4.68. The zero-order valence-corrected chi connectivity index (χ0v) is 10.3. The molecule has 1 fully saturated rings. The monoisotopic (exact) mass is 272 g/mol. The number of anilines is 1. The average Bonchev–Trinajstić information content (AvgIpc) is 2.83. The maximum Gasteiger partial charge on any atom is 0.416 e. The third kappa shape index (κ3) is 3.19. The fourth-order valence-electron chi connectivity index (χ4n) is 2.25. The second kappa shape index (κ2) is 5.11. The fourth-order valence-corrected chi connectivity index (χ4v) is 2.25. The Morgan fingerprint density at radius 2 is 1.89 bits per heavy atom. The molecule has 0 aromatic heterocycles. The number of rotatable bonds is 2. The van der Waals surface area contributed by atoms with Crippen LogP contribution in [0, 0.1) is 0 Å². The van der Waals surface area contributed by atoms with Crippen LogP contribution in [-0.2, 0) is 17.4 Å². The Balaban J connectivity index is 2.22. The summed E-state index contributed by atoms with van der Waals surface area (Å²) in [5.41, 5.74) is 4.59. The van der Waals surface area contributed by atoms with Crippen LogP contribution in [0.4, 0.5) is 18.9 Å². The molecule has 0 unspecified atom stereocenters. The van der Waals surface area contributed by atoms with Gasteiger partial charge < -0.3 is 10.6 Å². The Morgan fingerprint density at radius 3 is 2.47 bits per heavy atom. The number of amides is 1. The molecular weight excluding hydrogens is 257 g/mol. The number of halogens is 3. The number of hydrogen-bond donors (Lipinski definition) is 1. The molecule has 1 heterocycles. The van der Waals surface area contributed by atoms with Gasteiger partial charge in [0.15, 0.2) is 0 Å². The highest BCUT2D eigenvalue weighted by atomic mass is 19.4. The lowest BCUT2D eigenvalue weighted by atomic mass is 10.0. The van der Waals surface area contributed by atoms with Crippen molar-refractivity contribution in [1.29, 1.82) is 0 Å². The minimum atomic E-state index is -4.49. The van der Waals surface area contributed by atoms with Gasteiger partial charge in [-0.1, -0.05) is 6.07 Å². The summed E-state index contributed by atoms with van der Waals surface area (Å²) in [5, 5.41) is 0. The smallest absolute Gasteiger partial charge is 0.399 e. The summed E-state index contributed by atoms with van der Waals surface area (Å²) in [4.78, 5) is 13.5. The summed E-state index contributed by atoms with van der Waals surface area (Å²) in [7, 11) is 0. The first-order valence-electron chi connectivity index (χ1n) is 6.11. The molecular formula is C13H15F3N2O. The molecule has 1 amide bonds. The third-order valence-electron chi connectivity index (χ3n) is 3.24. The SMILES string of the molecule is Nc1ccc(CC(=O)N2CCCC2)c(C(F)(F)F)c1. The number of carbonyl (C=O) groups excluding carboxylic acids is 1. The van der Waals surface area contributed by atoms with Gasteiger partial charge in [0.25, 0.3) is 0 Å². The Hall–Kier alpha value is -1.72. The molecule has 104 valence electrons. The Labute approximate surface area is 109 Å². The molecule has 0 saturated carbocycles. The molecule has 1 aliphatic heterocycles. The number of likely N-dealkylation sites (tertiary alicyclic amines) is 1. The second-order valence-corrected chi connectivity index (χ2v) is 4.68. The summed E-state index contributed by atoms with van der Waals surface area (Å²) >= 11 is 0.